The smallest absolute Gasteiger partial charge is 0.410 e. The van der Waals surface area contributed by atoms with E-state index in [1.165, 1.54) is 0 Å². The molecule has 0 saturated carbocycles. The predicted octanol–water partition coefficient (Wildman–Crippen LogP) is 8.35. The number of anilines is 1. The fourth-order valence-corrected chi connectivity index (χ4v) is 6.45. The maximum atomic E-state index is 13.2. The van der Waals surface area contributed by atoms with Gasteiger partial charge in [-0.2, -0.15) is 0 Å². The minimum Gasteiger partial charge on any atom is -0.493 e. The van der Waals surface area contributed by atoms with Crippen molar-refractivity contribution in [3.63, 3.8) is 0 Å². The van der Waals surface area contributed by atoms with Crippen LogP contribution in [0.5, 0.6) is 11.5 Å². The second-order valence-electron chi connectivity index (χ2n) is 13.6. The van der Waals surface area contributed by atoms with E-state index in [0.717, 1.165) is 47.4 Å². The maximum Gasteiger partial charge on any atom is 0.410 e. The van der Waals surface area contributed by atoms with Crippen molar-refractivity contribution in [2.45, 2.75) is 83.0 Å². The van der Waals surface area contributed by atoms with Crippen LogP contribution in [0.15, 0.2) is 66.7 Å². The summed E-state index contributed by atoms with van der Waals surface area (Å²) in [5, 5.41) is 3.62. The highest BCUT2D eigenvalue weighted by Crippen LogP contribution is 2.38. The molecule has 5 rings (SSSR count). The molecular weight excluding hydrogens is 644 g/mol. The summed E-state index contributed by atoms with van der Waals surface area (Å²) in [6.07, 6.45) is 3.27. The molecule has 1 N–H and O–H groups in total. The van der Waals surface area contributed by atoms with E-state index in [0.29, 0.717) is 62.9 Å². The van der Waals surface area contributed by atoms with Crippen molar-refractivity contribution in [2.24, 2.45) is 0 Å². The highest BCUT2D eigenvalue weighted by molar-refractivity contribution is 6.32. The number of hydrogen-bond donors (Lipinski definition) is 1. The lowest BCUT2D eigenvalue weighted by Crippen LogP contribution is -2.48. The Hall–Kier alpha value is -3.79. The van der Waals surface area contributed by atoms with Crippen LogP contribution < -0.4 is 14.8 Å². The zero-order valence-corrected chi connectivity index (χ0v) is 29.8. The number of carbonyl (C=O) groups excluding carboxylic acids is 2. The van der Waals surface area contributed by atoms with Gasteiger partial charge >= 0.3 is 6.09 Å². The molecule has 3 aromatic rings. The number of fused-ring (bicyclic) bond motifs is 1. The third kappa shape index (κ3) is 10.6. The Kier molecular flexibility index (Phi) is 12.8. The van der Waals surface area contributed by atoms with Gasteiger partial charge in [0.15, 0.2) is 0 Å². The van der Waals surface area contributed by atoms with Gasteiger partial charge in [-0.3, -0.25) is 4.79 Å². The van der Waals surface area contributed by atoms with Crippen LogP contribution in [0, 0.1) is 0 Å². The number of ether oxygens (including phenoxy) is 5. The third-order valence-electron chi connectivity index (χ3n) is 8.73. The molecule has 2 aliphatic heterocycles. The summed E-state index contributed by atoms with van der Waals surface area (Å²) in [6, 6.07) is 21.8. The second kappa shape index (κ2) is 17.2. The topological polar surface area (TPSA) is 95.6 Å². The third-order valence-corrected chi connectivity index (χ3v) is 9.04. The fraction of sp³-hybridized carbons (Fsp3) is 0.487. The summed E-state index contributed by atoms with van der Waals surface area (Å²) in [6.45, 7) is 8.19. The van der Waals surface area contributed by atoms with Gasteiger partial charge < -0.3 is 33.9 Å². The van der Waals surface area contributed by atoms with E-state index in [2.05, 4.69) is 29.6 Å². The van der Waals surface area contributed by atoms with E-state index in [1.807, 2.05) is 63.2 Å². The van der Waals surface area contributed by atoms with Gasteiger partial charge in [-0.1, -0.05) is 48.0 Å². The first-order valence-corrected chi connectivity index (χ1v) is 17.6. The van der Waals surface area contributed by atoms with E-state index in [9.17, 15) is 9.59 Å². The van der Waals surface area contributed by atoms with Crippen molar-refractivity contribution in [1.29, 1.82) is 0 Å². The van der Waals surface area contributed by atoms with Gasteiger partial charge in [0.1, 0.15) is 17.1 Å². The van der Waals surface area contributed by atoms with Crippen molar-refractivity contribution in [3.8, 4) is 11.5 Å². The summed E-state index contributed by atoms with van der Waals surface area (Å²) in [5.74, 6) is 1.51. The van der Waals surface area contributed by atoms with Crippen LogP contribution in [-0.4, -0.2) is 68.6 Å². The predicted molar refractivity (Wildman–Crippen MR) is 191 cm³/mol. The molecule has 0 bridgehead atoms. The summed E-state index contributed by atoms with van der Waals surface area (Å²) in [7, 11) is 1.70. The van der Waals surface area contributed by atoms with Crippen LogP contribution in [-0.2, 0) is 25.4 Å². The van der Waals surface area contributed by atoms with Crippen LogP contribution in [0.3, 0.4) is 0 Å². The lowest BCUT2D eigenvalue weighted by Gasteiger charge is -2.40. The summed E-state index contributed by atoms with van der Waals surface area (Å²) in [4.78, 5) is 27.1. The normalized spacial score (nSPS) is 18.3. The highest BCUT2D eigenvalue weighted by Gasteiger charge is 2.37. The first kappa shape index (κ1) is 36.5. The fourth-order valence-electron chi connectivity index (χ4n) is 6.26. The van der Waals surface area contributed by atoms with E-state index < -0.39 is 5.60 Å². The molecule has 1 saturated heterocycles. The lowest BCUT2D eigenvalue weighted by molar-refractivity contribution is -0.116. The number of rotatable bonds is 14. The Balaban J connectivity index is 1.29. The highest BCUT2D eigenvalue weighted by atomic mass is 35.5. The van der Waals surface area contributed by atoms with Crippen molar-refractivity contribution >= 4 is 29.3 Å². The number of benzene rings is 3. The number of nitrogens with zero attached hydrogens (tertiary/aromatic N) is 1. The van der Waals surface area contributed by atoms with Crippen LogP contribution in [0.4, 0.5) is 10.5 Å². The van der Waals surface area contributed by atoms with E-state index >= 15 is 0 Å². The van der Waals surface area contributed by atoms with Gasteiger partial charge in [-0.25, -0.2) is 4.79 Å². The molecule has 264 valence electrons. The van der Waals surface area contributed by atoms with Crippen LogP contribution in [0.25, 0.3) is 0 Å². The Labute approximate surface area is 295 Å². The van der Waals surface area contributed by atoms with Crippen LogP contribution in [0.1, 0.15) is 81.6 Å². The summed E-state index contributed by atoms with van der Waals surface area (Å²) < 4.78 is 29.9. The number of hydrogen-bond acceptors (Lipinski definition) is 7. The monoisotopic (exact) mass is 692 g/mol. The molecule has 0 aromatic heterocycles. The first-order chi connectivity index (χ1) is 23.6. The van der Waals surface area contributed by atoms with Gasteiger partial charge in [0.25, 0.3) is 0 Å². The van der Waals surface area contributed by atoms with E-state index in [1.54, 1.807) is 12.0 Å². The minimum atomic E-state index is -0.600. The molecule has 3 atom stereocenters. The van der Waals surface area contributed by atoms with Crippen molar-refractivity contribution in [3.05, 3.63) is 88.4 Å². The van der Waals surface area contributed by atoms with Crippen LogP contribution in [0.2, 0.25) is 5.02 Å². The zero-order chi connectivity index (χ0) is 34.8. The zero-order valence-electron chi connectivity index (χ0n) is 29.0. The lowest BCUT2D eigenvalue weighted by atomic mass is 9.86. The Morgan fingerprint density at radius 3 is 2.51 bits per heavy atom. The molecule has 3 aromatic carbocycles. The van der Waals surface area contributed by atoms with Crippen molar-refractivity contribution < 1.29 is 33.3 Å². The largest absolute Gasteiger partial charge is 0.493 e. The number of carbonyl (C=O) groups is 2. The molecule has 2 aliphatic rings. The molecule has 49 heavy (non-hydrogen) atoms. The Morgan fingerprint density at radius 2 is 1.76 bits per heavy atom. The molecule has 10 heteroatoms. The maximum absolute atomic E-state index is 13.2. The molecule has 3 unspecified atom stereocenters. The molecule has 2 heterocycles. The number of amides is 2. The number of nitrogens with one attached hydrogen (secondary N) is 1. The number of methoxy groups -OCH3 is 1. The summed E-state index contributed by atoms with van der Waals surface area (Å²) >= 11 is 6.18. The van der Waals surface area contributed by atoms with E-state index in [4.69, 9.17) is 35.3 Å². The minimum absolute atomic E-state index is 0.0275. The van der Waals surface area contributed by atoms with Crippen molar-refractivity contribution in [2.75, 3.05) is 45.3 Å². The first-order valence-electron chi connectivity index (χ1n) is 17.2. The quantitative estimate of drug-likeness (QED) is 0.170. The number of piperidine rings is 1. The summed E-state index contributed by atoms with van der Waals surface area (Å²) in [5.41, 5.74) is 3.48. The van der Waals surface area contributed by atoms with Gasteiger partial charge in [0.05, 0.1) is 37.0 Å². The molecule has 0 aliphatic carbocycles. The molecular formula is C39H49ClN2O7. The number of likely N-dealkylation sites (tertiary alicyclic amines) is 1. The van der Waals surface area contributed by atoms with Crippen molar-refractivity contribution in [1.82, 2.24) is 4.90 Å². The molecule has 0 radical (unpaired) electrons. The van der Waals surface area contributed by atoms with Gasteiger partial charge in [-0.05, 0) is 93.5 Å². The molecule has 9 nitrogen and oxygen atoms in total. The average molecular weight is 693 g/mol. The average Bonchev–Trinajstić information content (AvgIpc) is 3.08. The number of halogens is 1. The van der Waals surface area contributed by atoms with Gasteiger partial charge in [-0.15, -0.1) is 0 Å². The number of para-hydroxylation sites is 1. The molecule has 1 fully saturated rings. The second-order valence-corrected chi connectivity index (χ2v) is 14.0. The number of aryl methyl sites for hydroxylation is 1. The molecule has 2 amide bonds. The molecule has 0 spiro atoms. The van der Waals surface area contributed by atoms with Gasteiger partial charge in [0.2, 0.25) is 5.91 Å². The van der Waals surface area contributed by atoms with Crippen LogP contribution >= 0.6 is 11.6 Å². The Bertz CT molecular complexity index is 1540. The van der Waals surface area contributed by atoms with E-state index in [-0.39, 0.29) is 30.1 Å². The van der Waals surface area contributed by atoms with Gasteiger partial charge in [0, 0.05) is 44.7 Å². The Morgan fingerprint density at radius 1 is 0.980 bits per heavy atom. The SMILES string of the molecule is COCCCC(OC1CN(C(=O)OC(C)(C)C)CCC1c1ccc(OCCCOc2ccccc2Cl)cc1)c1ccc2c(c1)NC(=O)CC2. The standard InChI is InChI=1S/C39H49ClN2O7/c1-39(2,3)49-38(44)42-21-20-31(27-14-17-30(18-15-27)46-23-8-24-47-35-10-6-5-9-32(35)40)36(26-42)48-34(11-7-22-45-4)29-13-12-28-16-19-37(43)41-33(28)25-29/h5-6,9-10,12-15,17-18,25,31,34,36H,7-8,11,16,19-24,26H2,1-4H3,(H,41,43).